The molecule has 2 aromatic carbocycles. The van der Waals surface area contributed by atoms with E-state index in [1.807, 2.05) is 24.3 Å². The molecule has 0 aliphatic rings. The Morgan fingerprint density at radius 3 is 2.76 bits per heavy atom. The number of aromatic nitrogens is 3. The Balaban J connectivity index is 1.46. The Bertz CT molecular complexity index is 1350. The van der Waals surface area contributed by atoms with Gasteiger partial charge in [0.25, 0.3) is 0 Å². The summed E-state index contributed by atoms with van der Waals surface area (Å²) in [6, 6.07) is 12.0. The van der Waals surface area contributed by atoms with Crippen LogP contribution >= 0.6 is 23.4 Å². The van der Waals surface area contributed by atoms with Crippen LogP contribution in [0.15, 0.2) is 52.0 Å². The van der Waals surface area contributed by atoms with E-state index in [-0.39, 0.29) is 17.2 Å². The minimum atomic E-state index is -0.522. The molecule has 0 bridgehead atoms. The van der Waals surface area contributed by atoms with E-state index in [4.69, 9.17) is 25.5 Å². The number of rotatable bonds is 7. The molecule has 2 heterocycles. The Kier molecular flexibility index (Phi) is 6.57. The van der Waals surface area contributed by atoms with Gasteiger partial charge in [-0.1, -0.05) is 35.5 Å². The number of halogens is 1. The molecule has 2 aromatic heterocycles. The van der Waals surface area contributed by atoms with Crippen LogP contribution in [0.4, 0.5) is 5.69 Å². The van der Waals surface area contributed by atoms with Gasteiger partial charge in [0.2, 0.25) is 5.91 Å². The van der Waals surface area contributed by atoms with E-state index in [0.717, 1.165) is 5.39 Å². The van der Waals surface area contributed by atoms with Crippen LogP contribution in [0, 0.1) is 0 Å². The predicted molar refractivity (Wildman–Crippen MR) is 125 cm³/mol. The second-order valence-electron chi connectivity index (χ2n) is 6.88. The van der Waals surface area contributed by atoms with Gasteiger partial charge < -0.3 is 23.8 Å². The molecule has 9 nitrogen and oxygen atoms in total. The first-order valence-corrected chi connectivity index (χ1v) is 11.0. The Hall–Kier alpha value is -3.50. The van der Waals surface area contributed by atoms with Gasteiger partial charge in [-0.05, 0) is 30.3 Å². The van der Waals surface area contributed by atoms with Crippen LogP contribution in [-0.2, 0) is 16.6 Å². The molecule has 11 heteroatoms. The molecule has 4 rings (SSSR count). The van der Waals surface area contributed by atoms with Gasteiger partial charge in [-0.15, -0.1) is 10.2 Å². The summed E-state index contributed by atoms with van der Waals surface area (Å²) in [6.07, 6.45) is 0. The van der Waals surface area contributed by atoms with E-state index in [0.29, 0.717) is 38.8 Å². The lowest BCUT2D eigenvalue weighted by atomic mass is 10.2. The largest absolute Gasteiger partial charge is 0.493 e. The van der Waals surface area contributed by atoms with Crippen molar-refractivity contribution in [1.29, 1.82) is 0 Å². The van der Waals surface area contributed by atoms with Crippen molar-refractivity contribution in [3.05, 3.63) is 53.1 Å². The van der Waals surface area contributed by atoms with Gasteiger partial charge in [0, 0.05) is 12.4 Å². The van der Waals surface area contributed by atoms with E-state index >= 15 is 0 Å². The number of benzene rings is 2. The average Bonchev–Trinajstić information content (AvgIpc) is 3.41. The van der Waals surface area contributed by atoms with Crippen LogP contribution in [0.2, 0.25) is 5.02 Å². The third-order valence-corrected chi connectivity index (χ3v) is 6.13. The number of nitrogens with zero attached hydrogens (tertiary/aromatic N) is 3. The van der Waals surface area contributed by atoms with Gasteiger partial charge >= 0.3 is 5.97 Å². The summed E-state index contributed by atoms with van der Waals surface area (Å²) < 4.78 is 17.7. The highest BCUT2D eigenvalue weighted by atomic mass is 35.5. The van der Waals surface area contributed by atoms with Crippen LogP contribution < -0.4 is 10.1 Å². The first-order chi connectivity index (χ1) is 15.9. The van der Waals surface area contributed by atoms with Crippen molar-refractivity contribution in [3.63, 3.8) is 0 Å². The second kappa shape index (κ2) is 9.55. The zero-order valence-corrected chi connectivity index (χ0v) is 19.5. The Morgan fingerprint density at radius 1 is 1.18 bits per heavy atom. The zero-order valence-electron chi connectivity index (χ0n) is 17.9. The third kappa shape index (κ3) is 4.67. The zero-order chi connectivity index (χ0) is 23.5. The van der Waals surface area contributed by atoms with Crippen LogP contribution in [0.25, 0.3) is 22.6 Å². The molecule has 0 aliphatic carbocycles. The van der Waals surface area contributed by atoms with Crippen molar-refractivity contribution in [1.82, 2.24) is 14.8 Å². The van der Waals surface area contributed by atoms with Crippen molar-refractivity contribution in [2.75, 3.05) is 25.3 Å². The lowest BCUT2D eigenvalue weighted by Gasteiger charge is -2.09. The highest BCUT2D eigenvalue weighted by Crippen LogP contribution is 2.33. The minimum absolute atomic E-state index is 0.0543. The predicted octanol–water partition coefficient (Wildman–Crippen LogP) is 4.41. The van der Waals surface area contributed by atoms with Crippen LogP contribution in [0.5, 0.6) is 5.75 Å². The smallest absolute Gasteiger partial charge is 0.337 e. The van der Waals surface area contributed by atoms with Crippen molar-refractivity contribution >= 4 is 51.9 Å². The van der Waals surface area contributed by atoms with Gasteiger partial charge in [-0.3, -0.25) is 4.79 Å². The number of nitrogens with one attached hydrogen (secondary N) is 1. The number of furan rings is 1. The van der Waals surface area contributed by atoms with Gasteiger partial charge in [-0.2, -0.15) is 0 Å². The number of thioether (sulfide) groups is 1. The lowest BCUT2D eigenvalue weighted by Crippen LogP contribution is -2.15. The van der Waals surface area contributed by atoms with Crippen LogP contribution in [0.1, 0.15) is 10.4 Å². The summed E-state index contributed by atoms with van der Waals surface area (Å²) in [6.45, 7) is 0. The highest BCUT2D eigenvalue weighted by Gasteiger charge is 2.18. The van der Waals surface area contributed by atoms with Crippen LogP contribution in [-0.4, -0.2) is 46.6 Å². The molecule has 0 aliphatic heterocycles. The van der Waals surface area contributed by atoms with Gasteiger partial charge in [0.1, 0.15) is 0 Å². The molecule has 0 saturated heterocycles. The Morgan fingerprint density at radius 2 is 2.00 bits per heavy atom. The first kappa shape index (κ1) is 22.7. The topological polar surface area (TPSA) is 108 Å². The summed E-state index contributed by atoms with van der Waals surface area (Å²) in [5.74, 6) is 0.895. The number of hydrogen-bond donors (Lipinski definition) is 1. The monoisotopic (exact) mass is 486 g/mol. The molecule has 33 heavy (non-hydrogen) atoms. The number of fused-ring (bicyclic) bond motifs is 1. The maximum atomic E-state index is 12.5. The molecule has 4 aromatic rings. The lowest BCUT2D eigenvalue weighted by molar-refractivity contribution is -0.113. The quantitative estimate of drug-likeness (QED) is 0.302. The second-order valence-corrected chi connectivity index (χ2v) is 8.23. The molecule has 170 valence electrons. The van der Waals surface area contributed by atoms with Crippen molar-refractivity contribution in [2.24, 2.45) is 7.05 Å². The molecule has 0 radical (unpaired) electrons. The molecule has 0 fully saturated rings. The fraction of sp³-hybridized carbons (Fsp3) is 0.182. The molecular formula is C22H19ClN4O5S. The molecule has 0 spiro atoms. The van der Waals surface area contributed by atoms with Crippen molar-refractivity contribution in [3.8, 4) is 17.3 Å². The molecule has 0 atom stereocenters. The average molecular weight is 487 g/mol. The maximum Gasteiger partial charge on any atom is 0.337 e. The summed E-state index contributed by atoms with van der Waals surface area (Å²) in [7, 11) is 4.65. The Labute approximate surface area is 198 Å². The standard InChI is InChI=1S/C22H19ClN4O5S/c1-27-20(17-10-12-5-4-6-16(30-2)19(12)32-17)25-26-22(27)33-11-18(28)24-15-9-13(21(29)31-3)7-8-14(15)23/h4-10H,11H2,1-3H3,(H,24,28). The number of carbonyl (C=O) groups excluding carboxylic acids is 2. The van der Waals surface area contributed by atoms with E-state index in [1.54, 1.807) is 18.7 Å². The molecule has 0 unspecified atom stereocenters. The number of anilines is 1. The maximum absolute atomic E-state index is 12.5. The molecule has 0 saturated carbocycles. The fourth-order valence-corrected chi connectivity index (χ4v) is 4.02. The summed E-state index contributed by atoms with van der Waals surface area (Å²) in [5, 5.41) is 12.8. The van der Waals surface area contributed by atoms with Gasteiger partial charge in [0.15, 0.2) is 28.1 Å². The van der Waals surface area contributed by atoms with E-state index < -0.39 is 5.97 Å². The number of para-hydroxylation sites is 1. The SMILES string of the molecule is COC(=O)c1ccc(Cl)c(NC(=O)CSc2nnc(-c3cc4cccc(OC)c4o3)n2C)c1. The minimum Gasteiger partial charge on any atom is -0.493 e. The number of carbonyl (C=O) groups is 2. The van der Waals surface area contributed by atoms with E-state index in [1.165, 1.54) is 37.1 Å². The number of esters is 1. The molecule has 1 N–H and O–H groups in total. The van der Waals surface area contributed by atoms with Crippen molar-refractivity contribution < 1.29 is 23.5 Å². The highest BCUT2D eigenvalue weighted by molar-refractivity contribution is 7.99. The van der Waals surface area contributed by atoms with E-state index in [2.05, 4.69) is 15.5 Å². The normalized spacial score (nSPS) is 10.9. The van der Waals surface area contributed by atoms with E-state index in [9.17, 15) is 9.59 Å². The number of ether oxygens (including phenoxy) is 2. The third-order valence-electron chi connectivity index (χ3n) is 4.78. The summed E-state index contributed by atoms with van der Waals surface area (Å²) in [4.78, 5) is 24.2. The van der Waals surface area contributed by atoms with Crippen LogP contribution in [0.3, 0.4) is 0 Å². The number of hydrogen-bond acceptors (Lipinski definition) is 8. The van der Waals surface area contributed by atoms with Crippen molar-refractivity contribution in [2.45, 2.75) is 5.16 Å². The summed E-state index contributed by atoms with van der Waals surface area (Å²) in [5.41, 5.74) is 1.22. The first-order valence-electron chi connectivity index (χ1n) is 9.68. The fourth-order valence-electron chi connectivity index (χ4n) is 3.14. The van der Waals surface area contributed by atoms with Gasteiger partial charge in [-0.25, -0.2) is 4.79 Å². The molecular weight excluding hydrogens is 468 g/mol. The molecule has 1 amide bonds. The van der Waals surface area contributed by atoms with Gasteiger partial charge in [0.05, 0.1) is 36.2 Å². The number of amides is 1. The summed E-state index contributed by atoms with van der Waals surface area (Å²) >= 11 is 7.34. The number of methoxy groups -OCH3 is 2.